The van der Waals surface area contributed by atoms with Gasteiger partial charge in [-0.05, 0) is 55.7 Å². The lowest BCUT2D eigenvalue weighted by molar-refractivity contribution is -0.445. The van der Waals surface area contributed by atoms with Crippen molar-refractivity contribution in [2.24, 2.45) is 5.73 Å². The third-order valence-corrected chi connectivity index (χ3v) is 11.0. The highest BCUT2D eigenvalue weighted by atomic mass is 32.2. The number of nitrogens with zero attached hydrogens (tertiary/aromatic N) is 2. The largest absolute Gasteiger partial charge is 0.365 e. The monoisotopic (exact) mass is 617 g/mol. The number of nitrogens with one attached hydrogen (secondary N) is 1. The zero-order valence-electron chi connectivity index (χ0n) is 25.8. The zero-order chi connectivity index (χ0) is 31.2. The molecule has 9 nitrogen and oxygen atoms in total. The minimum Gasteiger partial charge on any atom is -0.365 e. The van der Waals surface area contributed by atoms with Crippen molar-refractivity contribution in [2.45, 2.75) is 74.9 Å². The minimum atomic E-state index is -4.32. The van der Waals surface area contributed by atoms with E-state index in [2.05, 4.69) is 66.8 Å². The van der Waals surface area contributed by atoms with Crippen molar-refractivity contribution in [3.05, 3.63) is 76.0 Å². The van der Waals surface area contributed by atoms with Gasteiger partial charge in [-0.1, -0.05) is 26.0 Å². The SMILES string of the molecule is CC1(C)C2=C3C=C4C5=[N+](CCC4OC3CCN2c2ccc(CC(=O)CNCCN)cc21)c1ccc(S(=O)(=O)O)cc1C5(C)C. The molecule has 0 saturated heterocycles. The Morgan fingerprint density at radius 2 is 1.89 bits per heavy atom. The summed E-state index contributed by atoms with van der Waals surface area (Å²) in [6, 6.07) is 11.4. The highest BCUT2D eigenvalue weighted by molar-refractivity contribution is 7.85. The van der Waals surface area contributed by atoms with E-state index in [9.17, 15) is 17.8 Å². The summed E-state index contributed by atoms with van der Waals surface area (Å²) < 4.78 is 43.0. The normalized spacial score (nSPS) is 24.2. The second kappa shape index (κ2) is 10.2. The van der Waals surface area contributed by atoms with Gasteiger partial charge in [0.1, 0.15) is 0 Å². The first kappa shape index (κ1) is 29.6. The van der Waals surface area contributed by atoms with E-state index < -0.39 is 15.5 Å². The van der Waals surface area contributed by atoms with E-state index in [1.807, 2.05) is 6.07 Å². The van der Waals surface area contributed by atoms with Gasteiger partial charge in [0.05, 0.1) is 29.1 Å². The molecular weight excluding hydrogens is 576 g/mol. The average molecular weight is 618 g/mol. The second-order valence-corrected chi connectivity index (χ2v) is 15.1. The predicted octanol–water partition coefficient (Wildman–Crippen LogP) is 3.52. The van der Waals surface area contributed by atoms with Crippen molar-refractivity contribution in [1.29, 1.82) is 0 Å². The Hall–Kier alpha value is -3.15. The number of ether oxygens (including phenoxy) is 1. The molecule has 4 N–H and O–H groups in total. The Bertz CT molecular complexity index is 1800. The number of hydrogen-bond acceptors (Lipinski definition) is 7. The van der Waals surface area contributed by atoms with Gasteiger partial charge in [-0.15, -0.1) is 0 Å². The van der Waals surface area contributed by atoms with Crippen LogP contribution in [0.15, 0.2) is 64.2 Å². The van der Waals surface area contributed by atoms with Gasteiger partial charge in [-0.25, -0.2) is 0 Å². The van der Waals surface area contributed by atoms with Crippen molar-refractivity contribution in [2.75, 3.05) is 37.6 Å². The molecule has 2 unspecified atom stereocenters. The highest BCUT2D eigenvalue weighted by Gasteiger charge is 2.54. The fourth-order valence-corrected chi connectivity index (χ4v) is 8.72. The molecule has 7 rings (SSSR count). The molecule has 5 aliphatic rings. The van der Waals surface area contributed by atoms with Crippen LogP contribution in [0.3, 0.4) is 0 Å². The molecule has 2 atom stereocenters. The maximum Gasteiger partial charge on any atom is 0.294 e. The lowest BCUT2D eigenvalue weighted by Crippen LogP contribution is -2.47. The van der Waals surface area contributed by atoms with Gasteiger partial charge >= 0.3 is 0 Å². The number of hydrogen-bond donors (Lipinski definition) is 3. The Morgan fingerprint density at radius 1 is 1.09 bits per heavy atom. The van der Waals surface area contributed by atoms with Gasteiger partial charge in [0.15, 0.2) is 18.0 Å². The summed E-state index contributed by atoms with van der Waals surface area (Å²) in [7, 11) is -4.32. The highest BCUT2D eigenvalue weighted by Crippen LogP contribution is 2.54. The molecule has 0 aliphatic carbocycles. The molecule has 0 radical (unpaired) electrons. The summed E-state index contributed by atoms with van der Waals surface area (Å²) >= 11 is 0. The van der Waals surface area contributed by atoms with Gasteiger partial charge in [-0.3, -0.25) is 9.35 Å². The van der Waals surface area contributed by atoms with Crippen LogP contribution in [-0.4, -0.2) is 74.0 Å². The number of anilines is 1. The lowest BCUT2D eigenvalue weighted by Gasteiger charge is -2.42. The molecule has 0 bridgehead atoms. The number of nitrogens with two attached hydrogens (primary N) is 1. The molecule has 2 aromatic rings. The van der Waals surface area contributed by atoms with Crippen LogP contribution in [0, 0.1) is 0 Å². The van der Waals surface area contributed by atoms with Crippen LogP contribution >= 0.6 is 0 Å². The molecule has 0 fully saturated rings. The molecule has 0 aromatic heterocycles. The van der Waals surface area contributed by atoms with Gasteiger partial charge in [0.2, 0.25) is 5.69 Å². The molecule has 10 heteroatoms. The number of rotatable bonds is 7. The number of benzene rings is 2. The third-order valence-electron chi connectivity index (χ3n) is 10.1. The molecule has 2 aromatic carbocycles. The molecule has 232 valence electrons. The molecule has 5 heterocycles. The summed E-state index contributed by atoms with van der Waals surface area (Å²) in [5, 5.41) is 3.10. The van der Waals surface area contributed by atoms with E-state index in [1.54, 1.807) is 6.07 Å². The van der Waals surface area contributed by atoms with E-state index in [1.165, 1.54) is 28.6 Å². The number of ketones is 1. The first-order valence-electron chi connectivity index (χ1n) is 15.5. The van der Waals surface area contributed by atoms with Gasteiger partial charge in [0, 0.05) is 72.1 Å². The summed E-state index contributed by atoms with van der Waals surface area (Å²) in [4.78, 5) is 15.0. The Kier molecular flexibility index (Phi) is 6.84. The average Bonchev–Trinajstić information content (AvgIpc) is 3.35. The smallest absolute Gasteiger partial charge is 0.294 e. The van der Waals surface area contributed by atoms with Gasteiger partial charge in [0.25, 0.3) is 10.1 Å². The van der Waals surface area contributed by atoms with Crippen LogP contribution in [0.25, 0.3) is 0 Å². The molecular formula is C34H41N4O5S+. The number of Topliss-reactive ketones (excluding diaryl/α,β-unsaturated/α-hetero) is 1. The minimum absolute atomic E-state index is 0.00318. The van der Waals surface area contributed by atoms with Crippen LogP contribution in [0.1, 0.15) is 57.2 Å². The maximum absolute atomic E-state index is 12.6. The summed E-state index contributed by atoms with van der Waals surface area (Å²) in [5.41, 5.74) is 14.8. The summed E-state index contributed by atoms with van der Waals surface area (Å²) in [6.07, 6.45) is 4.45. The van der Waals surface area contributed by atoms with Crippen molar-refractivity contribution in [1.82, 2.24) is 5.32 Å². The van der Waals surface area contributed by atoms with Crippen LogP contribution in [0.4, 0.5) is 11.4 Å². The van der Waals surface area contributed by atoms with Crippen LogP contribution in [0.2, 0.25) is 0 Å². The maximum atomic E-state index is 12.6. The Labute approximate surface area is 259 Å². The second-order valence-electron chi connectivity index (χ2n) is 13.7. The topological polar surface area (TPSA) is 125 Å². The van der Waals surface area contributed by atoms with E-state index >= 15 is 0 Å². The lowest BCUT2D eigenvalue weighted by atomic mass is 9.74. The Morgan fingerprint density at radius 3 is 2.64 bits per heavy atom. The van der Waals surface area contributed by atoms with E-state index in [0.29, 0.717) is 26.1 Å². The van der Waals surface area contributed by atoms with Crippen molar-refractivity contribution in [3.8, 4) is 0 Å². The zero-order valence-corrected chi connectivity index (χ0v) is 26.6. The predicted molar refractivity (Wildman–Crippen MR) is 170 cm³/mol. The number of carbonyl (C=O) groups excluding carboxylic acids is 1. The van der Waals surface area contributed by atoms with Crippen LogP contribution in [0.5, 0.6) is 0 Å². The van der Waals surface area contributed by atoms with Crippen molar-refractivity contribution >= 4 is 33.0 Å². The fourth-order valence-electron chi connectivity index (χ4n) is 8.21. The van der Waals surface area contributed by atoms with Gasteiger partial charge < -0.3 is 20.7 Å². The van der Waals surface area contributed by atoms with E-state index in [4.69, 9.17) is 10.5 Å². The number of carbonyl (C=O) groups is 1. The van der Waals surface area contributed by atoms with E-state index in [-0.39, 0.29) is 28.3 Å². The summed E-state index contributed by atoms with van der Waals surface area (Å²) in [6.45, 7) is 11.9. The first-order valence-corrected chi connectivity index (χ1v) is 17.0. The molecule has 0 amide bonds. The van der Waals surface area contributed by atoms with Crippen molar-refractivity contribution < 1.29 is 27.1 Å². The molecule has 0 spiro atoms. The van der Waals surface area contributed by atoms with Crippen LogP contribution in [-0.2, 0) is 36.9 Å². The summed E-state index contributed by atoms with van der Waals surface area (Å²) in [5.74, 6) is 0.147. The molecule has 0 saturated carbocycles. The molecule has 5 aliphatic heterocycles. The number of allylic oxidation sites excluding steroid dienone is 1. The Balaban J connectivity index is 1.29. The van der Waals surface area contributed by atoms with Gasteiger partial charge in [-0.2, -0.15) is 13.0 Å². The standard InChI is InChI=1S/C34H40N4O5S/c1-33(2)25-16-20(15-21(39)19-36-12-11-35)5-7-27(25)37-13-9-29-23(31(33)37)18-24-30(43-29)10-14-38-28-8-6-22(44(40,41)42)17-26(28)34(3,4)32(24)38/h5-8,16-18,29-30,36H,9-15,19,35H2,1-4H3/p+1. The quantitative estimate of drug-likeness (QED) is 0.245. The van der Waals surface area contributed by atoms with E-state index in [0.717, 1.165) is 54.0 Å². The third kappa shape index (κ3) is 4.45. The first-order chi connectivity index (χ1) is 20.8. The van der Waals surface area contributed by atoms with Crippen molar-refractivity contribution in [3.63, 3.8) is 0 Å². The number of fused-ring (bicyclic) bond motifs is 8. The molecule has 44 heavy (non-hydrogen) atoms. The fraction of sp³-hybridized carbons (Fsp3) is 0.471. The van der Waals surface area contributed by atoms with Crippen LogP contribution < -0.4 is 16.0 Å².